The van der Waals surface area contributed by atoms with Gasteiger partial charge >= 0.3 is 6.09 Å². The van der Waals surface area contributed by atoms with Crippen LogP contribution in [0.3, 0.4) is 0 Å². The normalized spacial score (nSPS) is 23.3. The lowest BCUT2D eigenvalue weighted by molar-refractivity contribution is -0.114. The summed E-state index contributed by atoms with van der Waals surface area (Å²) in [5, 5.41) is 23.8. The molecule has 144 valence electrons. The van der Waals surface area contributed by atoms with Crippen molar-refractivity contribution < 1.29 is 24.5 Å². The maximum Gasteiger partial charge on any atom is 0.407 e. The standard InChI is InChI=1S/C20H29NO5/c1-11(2)15(21-19(25)26-20(3,4)5)18(24)14-13(17(14)23)16(22)12-9-7-6-8-10-12/h6-11,13-16,18,22,24H,1-5H3,(H,21,25)/t13?,14?,15-,16?,18?/m0/s1. The van der Waals surface area contributed by atoms with Crippen LogP contribution in [0.2, 0.25) is 0 Å². The minimum Gasteiger partial charge on any atom is -0.444 e. The zero-order chi connectivity index (χ0) is 19.6. The number of aliphatic hydroxyl groups excluding tert-OH is 2. The highest BCUT2D eigenvalue weighted by atomic mass is 16.6. The number of rotatable bonds is 6. The topological polar surface area (TPSA) is 95.9 Å². The fourth-order valence-corrected chi connectivity index (χ4v) is 3.18. The summed E-state index contributed by atoms with van der Waals surface area (Å²) in [5.74, 6) is -1.66. The summed E-state index contributed by atoms with van der Waals surface area (Å²) in [6, 6.07) is 8.26. The summed E-state index contributed by atoms with van der Waals surface area (Å²) < 4.78 is 5.24. The van der Waals surface area contributed by atoms with Gasteiger partial charge in [-0.3, -0.25) is 4.79 Å². The molecule has 6 heteroatoms. The van der Waals surface area contributed by atoms with E-state index in [0.717, 1.165) is 0 Å². The number of hydrogen-bond donors (Lipinski definition) is 3. The Morgan fingerprint density at radius 3 is 2.19 bits per heavy atom. The monoisotopic (exact) mass is 363 g/mol. The van der Waals surface area contributed by atoms with Crippen LogP contribution in [0.15, 0.2) is 30.3 Å². The van der Waals surface area contributed by atoms with Gasteiger partial charge in [-0.15, -0.1) is 0 Å². The number of ether oxygens (including phenoxy) is 1. The molecular weight excluding hydrogens is 334 g/mol. The highest BCUT2D eigenvalue weighted by Gasteiger charge is 2.59. The van der Waals surface area contributed by atoms with Crippen molar-refractivity contribution in [2.45, 2.75) is 58.5 Å². The number of benzene rings is 1. The van der Waals surface area contributed by atoms with Gasteiger partial charge in [-0.25, -0.2) is 4.79 Å². The third-order valence-corrected chi connectivity index (χ3v) is 4.55. The lowest BCUT2D eigenvalue weighted by atomic mass is 9.93. The van der Waals surface area contributed by atoms with Crippen LogP contribution in [-0.4, -0.2) is 39.8 Å². The number of aliphatic hydroxyl groups is 2. The smallest absolute Gasteiger partial charge is 0.407 e. The van der Waals surface area contributed by atoms with E-state index >= 15 is 0 Å². The zero-order valence-electron chi connectivity index (χ0n) is 16.0. The zero-order valence-corrected chi connectivity index (χ0v) is 16.0. The molecule has 1 aromatic carbocycles. The second kappa shape index (κ2) is 7.76. The van der Waals surface area contributed by atoms with Crippen molar-refractivity contribution in [1.82, 2.24) is 5.32 Å². The fraction of sp³-hybridized carbons (Fsp3) is 0.600. The number of alkyl carbamates (subject to hydrolysis) is 1. The van der Waals surface area contributed by atoms with Gasteiger partial charge in [0.2, 0.25) is 0 Å². The predicted octanol–water partition coefficient (Wildman–Crippen LogP) is 2.45. The van der Waals surface area contributed by atoms with Gasteiger partial charge in [0.25, 0.3) is 0 Å². The fourth-order valence-electron chi connectivity index (χ4n) is 3.18. The van der Waals surface area contributed by atoms with E-state index in [-0.39, 0.29) is 11.7 Å². The van der Waals surface area contributed by atoms with Gasteiger partial charge in [-0.05, 0) is 32.3 Å². The third kappa shape index (κ3) is 4.83. The molecule has 1 aliphatic rings. The van der Waals surface area contributed by atoms with Crippen molar-refractivity contribution in [1.29, 1.82) is 0 Å². The van der Waals surface area contributed by atoms with Crippen molar-refractivity contribution in [3.8, 4) is 0 Å². The Hall–Kier alpha value is -1.92. The Kier molecular flexibility index (Phi) is 6.09. The SMILES string of the molecule is CC(C)[C@H](NC(=O)OC(C)(C)C)C(O)C1C(=O)C1C(O)c1ccccc1. The van der Waals surface area contributed by atoms with E-state index in [0.29, 0.717) is 5.56 Å². The number of carbonyl (C=O) groups excluding carboxylic acids is 2. The Labute approximate surface area is 154 Å². The van der Waals surface area contributed by atoms with Crippen LogP contribution in [0, 0.1) is 17.8 Å². The molecule has 0 saturated heterocycles. The average molecular weight is 363 g/mol. The molecule has 0 bridgehead atoms. The average Bonchev–Trinajstić information content (AvgIpc) is 3.21. The van der Waals surface area contributed by atoms with E-state index in [4.69, 9.17) is 4.74 Å². The molecule has 0 aromatic heterocycles. The van der Waals surface area contributed by atoms with Crippen molar-refractivity contribution in [2.75, 3.05) is 0 Å². The molecule has 0 spiro atoms. The Balaban J connectivity index is 2.06. The van der Waals surface area contributed by atoms with Gasteiger partial charge in [0, 0.05) is 0 Å². The van der Waals surface area contributed by atoms with Crippen LogP contribution < -0.4 is 5.32 Å². The molecule has 0 aliphatic heterocycles. The largest absolute Gasteiger partial charge is 0.444 e. The summed E-state index contributed by atoms with van der Waals surface area (Å²) in [6.45, 7) is 8.96. The molecule has 26 heavy (non-hydrogen) atoms. The van der Waals surface area contributed by atoms with Gasteiger partial charge in [0.05, 0.1) is 30.1 Å². The molecule has 1 amide bonds. The van der Waals surface area contributed by atoms with Gasteiger partial charge in [0.1, 0.15) is 11.4 Å². The molecule has 0 heterocycles. The Morgan fingerprint density at radius 2 is 1.69 bits per heavy atom. The number of hydrogen-bond acceptors (Lipinski definition) is 5. The summed E-state index contributed by atoms with van der Waals surface area (Å²) in [5.41, 5.74) is -0.0143. The number of Topliss-reactive ketones (excluding diaryl/α,β-unsaturated/α-hetero) is 1. The lowest BCUT2D eigenvalue weighted by Crippen LogP contribution is -2.49. The lowest BCUT2D eigenvalue weighted by Gasteiger charge is -2.29. The quantitative estimate of drug-likeness (QED) is 0.721. The molecule has 4 unspecified atom stereocenters. The Morgan fingerprint density at radius 1 is 1.12 bits per heavy atom. The highest BCUT2D eigenvalue weighted by Crippen LogP contribution is 2.46. The first-order valence-electron chi connectivity index (χ1n) is 8.97. The van der Waals surface area contributed by atoms with Crippen LogP contribution in [-0.2, 0) is 9.53 Å². The minimum atomic E-state index is -1.08. The van der Waals surface area contributed by atoms with Gasteiger partial charge in [-0.2, -0.15) is 0 Å². The van der Waals surface area contributed by atoms with Crippen LogP contribution in [0.5, 0.6) is 0 Å². The van der Waals surface area contributed by atoms with Crippen LogP contribution in [0.25, 0.3) is 0 Å². The molecule has 2 rings (SSSR count). The minimum absolute atomic E-state index is 0.111. The number of carbonyl (C=O) groups is 2. The number of amides is 1. The van der Waals surface area contributed by atoms with E-state index in [1.807, 2.05) is 19.9 Å². The maximum atomic E-state index is 12.3. The van der Waals surface area contributed by atoms with Crippen molar-refractivity contribution in [2.24, 2.45) is 17.8 Å². The van der Waals surface area contributed by atoms with Crippen LogP contribution in [0.4, 0.5) is 4.79 Å². The second-order valence-corrected chi connectivity index (χ2v) is 8.22. The van der Waals surface area contributed by atoms with Gasteiger partial charge in [0.15, 0.2) is 0 Å². The Bertz CT molecular complexity index is 637. The maximum absolute atomic E-state index is 12.3. The molecule has 5 atom stereocenters. The van der Waals surface area contributed by atoms with Gasteiger partial charge in [-0.1, -0.05) is 44.2 Å². The summed E-state index contributed by atoms with van der Waals surface area (Å²) in [4.78, 5) is 24.3. The first-order valence-corrected chi connectivity index (χ1v) is 8.97. The first kappa shape index (κ1) is 20.4. The predicted molar refractivity (Wildman–Crippen MR) is 97.4 cm³/mol. The van der Waals surface area contributed by atoms with Crippen molar-refractivity contribution in [3.63, 3.8) is 0 Å². The van der Waals surface area contributed by atoms with Crippen molar-refractivity contribution in [3.05, 3.63) is 35.9 Å². The molecule has 1 saturated carbocycles. The van der Waals surface area contributed by atoms with Crippen LogP contribution in [0.1, 0.15) is 46.3 Å². The van der Waals surface area contributed by atoms with E-state index in [9.17, 15) is 19.8 Å². The number of ketones is 1. The molecule has 3 N–H and O–H groups in total. The molecular formula is C20H29NO5. The molecule has 1 aromatic rings. The first-order chi connectivity index (χ1) is 12.0. The molecule has 6 nitrogen and oxygen atoms in total. The van der Waals surface area contributed by atoms with E-state index < -0.39 is 41.8 Å². The summed E-state index contributed by atoms with van der Waals surface area (Å²) in [7, 11) is 0. The molecule has 0 radical (unpaired) electrons. The van der Waals surface area contributed by atoms with E-state index in [2.05, 4.69) is 5.32 Å². The van der Waals surface area contributed by atoms with Crippen LogP contribution >= 0.6 is 0 Å². The molecule has 1 aliphatic carbocycles. The van der Waals surface area contributed by atoms with E-state index in [1.54, 1.807) is 45.0 Å². The summed E-state index contributed by atoms with van der Waals surface area (Å²) >= 11 is 0. The summed E-state index contributed by atoms with van der Waals surface area (Å²) in [6.07, 6.45) is -2.68. The molecule has 1 fully saturated rings. The van der Waals surface area contributed by atoms with E-state index in [1.165, 1.54) is 0 Å². The van der Waals surface area contributed by atoms with Crippen molar-refractivity contribution >= 4 is 11.9 Å². The highest BCUT2D eigenvalue weighted by molar-refractivity contribution is 6.00. The number of nitrogens with one attached hydrogen (secondary N) is 1. The third-order valence-electron chi connectivity index (χ3n) is 4.55. The second-order valence-electron chi connectivity index (χ2n) is 8.22. The van der Waals surface area contributed by atoms with Gasteiger partial charge < -0.3 is 20.3 Å².